The first kappa shape index (κ1) is 23.1. The molecule has 0 aliphatic heterocycles. The molecule has 1 N–H and O–H groups in total. The molecule has 3 aromatic carbocycles. The smallest absolute Gasteiger partial charge is 0.226 e. The molecular formula is C28H27NO5. The molecule has 0 fully saturated rings. The molecule has 6 nitrogen and oxygen atoms in total. The van der Waals surface area contributed by atoms with E-state index >= 15 is 0 Å². The summed E-state index contributed by atoms with van der Waals surface area (Å²) in [6.07, 6.45) is 1.05. The highest BCUT2D eigenvalue weighted by Gasteiger charge is 2.20. The van der Waals surface area contributed by atoms with Gasteiger partial charge in [-0.15, -0.1) is 0 Å². The van der Waals surface area contributed by atoms with Gasteiger partial charge in [0.25, 0.3) is 0 Å². The zero-order valence-electron chi connectivity index (χ0n) is 19.2. The molecule has 1 heterocycles. The number of methoxy groups -OCH3 is 1. The van der Waals surface area contributed by atoms with E-state index in [0.717, 1.165) is 22.4 Å². The first-order valence-electron chi connectivity index (χ1n) is 11.0. The summed E-state index contributed by atoms with van der Waals surface area (Å²) in [5.74, 6) is 0.890. The molecule has 0 bridgehead atoms. The number of ether oxygens (including phenoxy) is 2. The van der Waals surface area contributed by atoms with Gasteiger partial charge in [0.15, 0.2) is 11.9 Å². The standard InChI is InChI=1S/C28H27NO5/c1-20-25(18-30)29(17-26(27(20)31)33-19-21-13-15-24(32-2)16-14-21)34-28(22-9-5-3-6-10-22)23-11-7-4-8-12-23/h3-17,28,30H,18-19H2,1-2H3. The van der Waals surface area contributed by atoms with Gasteiger partial charge in [0, 0.05) is 5.56 Å². The van der Waals surface area contributed by atoms with E-state index in [0.29, 0.717) is 11.3 Å². The van der Waals surface area contributed by atoms with Gasteiger partial charge in [-0.2, -0.15) is 4.73 Å². The quantitative estimate of drug-likeness (QED) is 0.402. The molecule has 174 valence electrons. The lowest BCUT2D eigenvalue weighted by atomic mass is 10.0. The van der Waals surface area contributed by atoms with Crippen molar-refractivity contribution in [2.75, 3.05) is 7.11 Å². The van der Waals surface area contributed by atoms with Crippen molar-refractivity contribution in [2.24, 2.45) is 0 Å². The molecule has 0 unspecified atom stereocenters. The molecular weight excluding hydrogens is 430 g/mol. The van der Waals surface area contributed by atoms with Gasteiger partial charge in [0.2, 0.25) is 5.43 Å². The van der Waals surface area contributed by atoms with Crippen LogP contribution in [0.15, 0.2) is 95.9 Å². The normalized spacial score (nSPS) is 10.8. The van der Waals surface area contributed by atoms with E-state index in [1.165, 1.54) is 10.9 Å². The second kappa shape index (κ2) is 10.7. The average molecular weight is 458 g/mol. The van der Waals surface area contributed by atoms with Gasteiger partial charge >= 0.3 is 0 Å². The van der Waals surface area contributed by atoms with Crippen molar-refractivity contribution >= 4 is 0 Å². The Hall–Kier alpha value is -4.03. The van der Waals surface area contributed by atoms with Crippen LogP contribution >= 0.6 is 0 Å². The molecule has 0 aliphatic carbocycles. The third-order valence-electron chi connectivity index (χ3n) is 5.62. The van der Waals surface area contributed by atoms with Crippen LogP contribution in [0.25, 0.3) is 0 Å². The highest BCUT2D eigenvalue weighted by Crippen LogP contribution is 2.25. The molecule has 4 aromatic rings. The lowest BCUT2D eigenvalue weighted by Crippen LogP contribution is -2.27. The molecule has 0 atom stereocenters. The summed E-state index contributed by atoms with van der Waals surface area (Å²) in [4.78, 5) is 19.3. The van der Waals surface area contributed by atoms with Crippen LogP contribution in [-0.2, 0) is 13.2 Å². The Bertz CT molecular complexity index is 1230. The van der Waals surface area contributed by atoms with Gasteiger partial charge in [-0.1, -0.05) is 72.8 Å². The topological polar surface area (TPSA) is 69.9 Å². The van der Waals surface area contributed by atoms with Crippen molar-refractivity contribution < 1.29 is 19.4 Å². The van der Waals surface area contributed by atoms with Crippen LogP contribution in [0.2, 0.25) is 0 Å². The van der Waals surface area contributed by atoms with Crippen molar-refractivity contribution in [3.05, 3.63) is 129 Å². The predicted octanol–water partition coefficient (Wildman–Crippen LogP) is 4.45. The van der Waals surface area contributed by atoms with Crippen molar-refractivity contribution in [1.82, 2.24) is 4.73 Å². The number of hydrogen-bond donors (Lipinski definition) is 1. The zero-order valence-corrected chi connectivity index (χ0v) is 19.2. The number of aliphatic hydroxyl groups is 1. The minimum Gasteiger partial charge on any atom is -0.497 e. The maximum Gasteiger partial charge on any atom is 0.226 e. The van der Waals surface area contributed by atoms with E-state index in [-0.39, 0.29) is 24.4 Å². The van der Waals surface area contributed by atoms with Crippen LogP contribution in [0.4, 0.5) is 0 Å². The van der Waals surface area contributed by atoms with Gasteiger partial charge in [-0.3, -0.25) is 4.79 Å². The van der Waals surface area contributed by atoms with Crippen LogP contribution in [0.1, 0.15) is 34.1 Å². The lowest BCUT2D eigenvalue weighted by molar-refractivity contribution is 0.0442. The molecule has 0 radical (unpaired) electrons. The van der Waals surface area contributed by atoms with Crippen LogP contribution in [0.5, 0.6) is 11.5 Å². The zero-order chi connectivity index (χ0) is 23.9. The Morgan fingerprint density at radius 2 is 1.47 bits per heavy atom. The summed E-state index contributed by atoms with van der Waals surface area (Å²) in [6.45, 7) is 1.52. The van der Waals surface area contributed by atoms with Crippen LogP contribution in [0.3, 0.4) is 0 Å². The molecule has 6 heteroatoms. The molecule has 0 spiro atoms. The fourth-order valence-electron chi connectivity index (χ4n) is 3.68. The Morgan fingerprint density at radius 1 is 0.882 bits per heavy atom. The maximum atomic E-state index is 12.9. The van der Waals surface area contributed by atoms with E-state index in [1.807, 2.05) is 84.9 Å². The van der Waals surface area contributed by atoms with Gasteiger partial charge in [0.05, 0.1) is 25.6 Å². The summed E-state index contributed by atoms with van der Waals surface area (Å²) < 4.78 is 12.5. The number of aliphatic hydroxyl groups excluding tert-OH is 1. The highest BCUT2D eigenvalue weighted by molar-refractivity contribution is 5.33. The van der Waals surface area contributed by atoms with E-state index in [9.17, 15) is 9.90 Å². The van der Waals surface area contributed by atoms with Crippen LogP contribution < -0.4 is 19.7 Å². The Morgan fingerprint density at radius 3 is 2.00 bits per heavy atom. The number of nitrogens with zero attached hydrogens (tertiary/aromatic N) is 1. The molecule has 34 heavy (non-hydrogen) atoms. The van der Waals surface area contributed by atoms with Gasteiger partial charge in [-0.05, 0) is 35.7 Å². The monoisotopic (exact) mass is 457 g/mol. The second-order valence-corrected chi connectivity index (χ2v) is 7.82. The van der Waals surface area contributed by atoms with Crippen molar-refractivity contribution in [1.29, 1.82) is 0 Å². The molecule has 0 aliphatic rings. The fraction of sp³-hybridized carbons (Fsp3) is 0.179. The van der Waals surface area contributed by atoms with Crippen LogP contribution in [-0.4, -0.2) is 16.9 Å². The fourth-order valence-corrected chi connectivity index (χ4v) is 3.68. The van der Waals surface area contributed by atoms with E-state index in [4.69, 9.17) is 14.3 Å². The van der Waals surface area contributed by atoms with Crippen LogP contribution in [0, 0.1) is 6.92 Å². The maximum absolute atomic E-state index is 12.9. The molecule has 4 rings (SSSR count). The summed E-state index contributed by atoms with van der Waals surface area (Å²) in [6, 6.07) is 27.0. The third kappa shape index (κ3) is 5.13. The van der Waals surface area contributed by atoms with Crippen molar-refractivity contribution in [2.45, 2.75) is 26.2 Å². The molecule has 0 saturated carbocycles. The van der Waals surface area contributed by atoms with E-state index < -0.39 is 6.10 Å². The first-order chi connectivity index (χ1) is 16.6. The van der Waals surface area contributed by atoms with Crippen molar-refractivity contribution in [3.63, 3.8) is 0 Å². The van der Waals surface area contributed by atoms with Gasteiger partial charge < -0.3 is 19.4 Å². The van der Waals surface area contributed by atoms with Gasteiger partial charge in [0.1, 0.15) is 12.4 Å². The van der Waals surface area contributed by atoms with Gasteiger partial charge in [-0.25, -0.2) is 0 Å². The number of aromatic nitrogens is 1. The Balaban J connectivity index is 1.68. The minimum atomic E-state index is -0.455. The number of pyridine rings is 1. The average Bonchev–Trinajstić information content (AvgIpc) is 2.89. The molecule has 0 amide bonds. The van der Waals surface area contributed by atoms with Crippen molar-refractivity contribution in [3.8, 4) is 11.5 Å². The van der Waals surface area contributed by atoms with E-state index in [1.54, 1.807) is 14.0 Å². The summed E-state index contributed by atoms with van der Waals surface area (Å²) >= 11 is 0. The summed E-state index contributed by atoms with van der Waals surface area (Å²) in [5, 5.41) is 10.0. The number of rotatable bonds is 9. The summed E-state index contributed by atoms with van der Waals surface area (Å²) in [5.41, 5.74) is 3.23. The number of benzene rings is 3. The molecule has 1 aromatic heterocycles. The first-order valence-corrected chi connectivity index (χ1v) is 11.0. The lowest BCUT2D eigenvalue weighted by Gasteiger charge is -2.24. The second-order valence-electron chi connectivity index (χ2n) is 7.82. The minimum absolute atomic E-state index is 0.144. The third-order valence-corrected chi connectivity index (χ3v) is 5.62. The number of hydrogen-bond acceptors (Lipinski definition) is 5. The Kier molecular flexibility index (Phi) is 7.30. The highest BCUT2D eigenvalue weighted by atomic mass is 16.7. The largest absolute Gasteiger partial charge is 0.497 e. The molecule has 0 saturated heterocycles. The summed E-state index contributed by atoms with van der Waals surface area (Å²) in [7, 11) is 1.61. The predicted molar refractivity (Wildman–Crippen MR) is 130 cm³/mol. The Labute approximate surface area is 198 Å². The SMILES string of the molecule is COc1ccc(COc2cn(OC(c3ccccc3)c3ccccc3)c(CO)c(C)c2=O)cc1. The van der Waals surface area contributed by atoms with E-state index in [2.05, 4.69) is 0 Å².